The van der Waals surface area contributed by atoms with Crippen LogP contribution in [0.4, 0.5) is 13.2 Å². The highest BCUT2D eigenvalue weighted by Crippen LogP contribution is 2.24. The molecule has 0 atom stereocenters. The number of ether oxygens (including phenoxy) is 1. The Balaban J connectivity index is 0.00000288. The maximum Gasteiger partial charge on any atom is 0.387 e. The number of hydrogen-bond acceptors (Lipinski definition) is 3. The van der Waals surface area contributed by atoms with Gasteiger partial charge in [-0.15, -0.1) is 35.3 Å². The van der Waals surface area contributed by atoms with E-state index in [4.69, 9.17) is 5.73 Å². The molecule has 9 heteroatoms. The third-order valence-corrected chi connectivity index (χ3v) is 3.89. The number of nitrogens with zero attached hydrogens (tertiary/aromatic N) is 1. The summed E-state index contributed by atoms with van der Waals surface area (Å²) < 4.78 is 42.7. The number of alkyl halides is 2. The molecule has 0 aliphatic rings. The predicted octanol–water partition coefficient (Wildman–Crippen LogP) is 3.75. The van der Waals surface area contributed by atoms with Crippen molar-refractivity contribution in [2.45, 2.75) is 19.6 Å². The summed E-state index contributed by atoms with van der Waals surface area (Å²) in [5.74, 6) is -0.791. The highest BCUT2D eigenvalue weighted by Gasteiger charge is 2.13. The number of rotatable bonds is 7. The van der Waals surface area contributed by atoms with E-state index in [2.05, 4.69) is 15.0 Å². The first-order valence-corrected chi connectivity index (χ1v) is 7.72. The maximum absolute atomic E-state index is 13.7. The molecule has 0 spiro atoms. The molecular weight excluding hydrogens is 454 g/mol. The van der Waals surface area contributed by atoms with Crippen molar-refractivity contribution in [1.82, 2.24) is 5.32 Å². The maximum atomic E-state index is 13.7. The van der Waals surface area contributed by atoms with E-state index in [0.29, 0.717) is 6.54 Å². The number of nitrogens with one attached hydrogen (secondary N) is 1. The van der Waals surface area contributed by atoms with E-state index in [1.165, 1.54) is 17.0 Å². The van der Waals surface area contributed by atoms with E-state index in [0.717, 1.165) is 12.5 Å². The van der Waals surface area contributed by atoms with Crippen LogP contribution >= 0.6 is 35.3 Å². The first kappa shape index (κ1) is 20.6. The number of thiophene rings is 1. The lowest BCUT2D eigenvalue weighted by Gasteiger charge is -2.10. The largest absolute Gasteiger partial charge is 0.434 e. The van der Waals surface area contributed by atoms with Crippen molar-refractivity contribution in [1.29, 1.82) is 0 Å². The van der Waals surface area contributed by atoms with Gasteiger partial charge >= 0.3 is 6.61 Å². The fourth-order valence-corrected chi connectivity index (χ4v) is 2.60. The summed E-state index contributed by atoms with van der Waals surface area (Å²) in [6, 6.07) is 7.68. The summed E-state index contributed by atoms with van der Waals surface area (Å²) in [6.07, 6.45) is 0.785. The van der Waals surface area contributed by atoms with Crippen molar-refractivity contribution >= 4 is 41.3 Å². The lowest BCUT2D eigenvalue weighted by Crippen LogP contribution is -2.33. The highest BCUT2D eigenvalue weighted by molar-refractivity contribution is 14.0. The van der Waals surface area contributed by atoms with Crippen LogP contribution in [0.1, 0.15) is 10.4 Å². The fourth-order valence-electron chi connectivity index (χ4n) is 1.89. The van der Waals surface area contributed by atoms with Crippen molar-refractivity contribution in [2.24, 2.45) is 10.7 Å². The van der Waals surface area contributed by atoms with E-state index >= 15 is 0 Å². The Kier molecular flexibility index (Phi) is 8.90. The molecule has 0 saturated carbocycles. The molecule has 0 aliphatic heterocycles. The zero-order chi connectivity index (χ0) is 16.7. The number of nitrogens with two attached hydrogens (primary N) is 1. The Morgan fingerprint density at radius 1 is 1.29 bits per heavy atom. The molecule has 0 radical (unpaired) electrons. The summed E-state index contributed by atoms with van der Waals surface area (Å²) in [5.41, 5.74) is 5.63. The van der Waals surface area contributed by atoms with Crippen molar-refractivity contribution in [3.05, 3.63) is 52.0 Å². The molecule has 0 saturated heterocycles. The molecule has 0 bridgehead atoms. The normalized spacial score (nSPS) is 11.2. The zero-order valence-electron chi connectivity index (χ0n) is 12.5. The Morgan fingerprint density at radius 3 is 2.75 bits per heavy atom. The van der Waals surface area contributed by atoms with Crippen LogP contribution in [0.3, 0.4) is 0 Å². The average Bonchev–Trinajstić information content (AvgIpc) is 2.99. The monoisotopic (exact) mass is 471 g/mol. The first-order valence-electron chi connectivity index (χ1n) is 6.84. The average molecular weight is 471 g/mol. The van der Waals surface area contributed by atoms with Gasteiger partial charge in [0.2, 0.25) is 0 Å². The van der Waals surface area contributed by atoms with E-state index in [1.54, 1.807) is 11.3 Å². The van der Waals surface area contributed by atoms with E-state index in [9.17, 15) is 13.2 Å². The molecule has 0 fully saturated rings. The lowest BCUT2D eigenvalue weighted by molar-refractivity contribution is -0.0506. The summed E-state index contributed by atoms with van der Waals surface area (Å²) >= 11 is 1.64. The zero-order valence-corrected chi connectivity index (χ0v) is 15.7. The quantitative estimate of drug-likeness (QED) is 0.368. The summed E-state index contributed by atoms with van der Waals surface area (Å²) in [6.45, 7) is -2.64. The van der Waals surface area contributed by atoms with Crippen LogP contribution in [-0.4, -0.2) is 19.1 Å². The second kappa shape index (κ2) is 10.4. The highest BCUT2D eigenvalue weighted by atomic mass is 127. The summed E-state index contributed by atoms with van der Waals surface area (Å²) in [7, 11) is 0. The molecule has 0 amide bonds. The Morgan fingerprint density at radius 2 is 2.08 bits per heavy atom. The molecular formula is C15H17F3IN3OS. The molecule has 132 valence electrons. The van der Waals surface area contributed by atoms with Gasteiger partial charge in [0.15, 0.2) is 5.96 Å². The minimum atomic E-state index is -3.03. The van der Waals surface area contributed by atoms with Crippen LogP contribution in [0, 0.1) is 5.82 Å². The number of guanidine groups is 1. The van der Waals surface area contributed by atoms with Gasteiger partial charge < -0.3 is 15.8 Å². The first-order chi connectivity index (χ1) is 11.1. The van der Waals surface area contributed by atoms with Crippen molar-refractivity contribution in [3.63, 3.8) is 0 Å². The van der Waals surface area contributed by atoms with Gasteiger partial charge in [-0.05, 0) is 30.0 Å². The van der Waals surface area contributed by atoms with Gasteiger partial charge in [0, 0.05) is 11.4 Å². The second-order valence-electron chi connectivity index (χ2n) is 4.55. The van der Waals surface area contributed by atoms with Gasteiger partial charge in [-0.1, -0.05) is 12.1 Å². The van der Waals surface area contributed by atoms with E-state index < -0.39 is 12.4 Å². The van der Waals surface area contributed by atoms with E-state index in [1.807, 2.05) is 17.5 Å². The van der Waals surface area contributed by atoms with Crippen LogP contribution < -0.4 is 15.8 Å². The molecule has 24 heavy (non-hydrogen) atoms. The van der Waals surface area contributed by atoms with Crippen molar-refractivity contribution in [3.8, 4) is 5.75 Å². The topological polar surface area (TPSA) is 59.6 Å². The van der Waals surface area contributed by atoms with Gasteiger partial charge in [0.05, 0.1) is 12.1 Å². The standard InChI is InChI=1S/C15H16F3N3OS.HI/c16-12-4-1-5-13(22-14(17)18)11(12)9-21-15(19)20-7-6-10-3-2-8-23-10;/h1-5,8,14H,6-7,9H2,(H3,19,20,21);1H. The summed E-state index contributed by atoms with van der Waals surface area (Å²) in [5, 5.41) is 4.88. The third-order valence-electron chi connectivity index (χ3n) is 2.96. The molecule has 2 rings (SSSR count). The Bertz CT molecular complexity index is 653. The fraction of sp³-hybridized carbons (Fsp3) is 0.267. The predicted molar refractivity (Wildman–Crippen MR) is 99.8 cm³/mol. The lowest BCUT2D eigenvalue weighted by atomic mass is 10.2. The van der Waals surface area contributed by atoms with Crippen LogP contribution in [0.25, 0.3) is 0 Å². The number of benzene rings is 1. The minimum Gasteiger partial charge on any atom is -0.434 e. The van der Waals surface area contributed by atoms with Gasteiger partial charge in [-0.25, -0.2) is 9.38 Å². The minimum absolute atomic E-state index is 0. The van der Waals surface area contributed by atoms with Gasteiger partial charge in [-0.3, -0.25) is 0 Å². The Labute approximate surface area is 158 Å². The number of hydrogen-bond donors (Lipinski definition) is 2. The van der Waals surface area contributed by atoms with Gasteiger partial charge in [0.1, 0.15) is 11.6 Å². The van der Waals surface area contributed by atoms with Gasteiger partial charge in [-0.2, -0.15) is 8.78 Å². The third kappa shape index (κ3) is 6.56. The molecule has 1 heterocycles. The molecule has 0 aliphatic carbocycles. The molecule has 1 aromatic carbocycles. The molecule has 0 unspecified atom stereocenters. The van der Waals surface area contributed by atoms with Crippen molar-refractivity contribution in [2.75, 3.05) is 6.54 Å². The molecule has 4 nitrogen and oxygen atoms in total. The van der Waals surface area contributed by atoms with Crippen molar-refractivity contribution < 1.29 is 17.9 Å². The SMILES string of the molecule is I.NC(=NCc1c(F)cccc1OC(F)F)NCCc1cccs1. The summed E-state index contributed by atoms with van der Waals surface area (Å²) in [4.78, 5) is 5.16. The second-order valence-corrected chi connectivity index (χ2v) is 5.58. The molecule has 3 N–H and O–H groups in total. The Hall–Kier alpha value is -1.49. The van der Waals surface area contributed by atoms with E-state index in [-0.39, 0.29) is 47.8 Å². The van der Waals surface area contributed by atoms with Gasteiger partial charge in [0.25, 0.3) is 0 Å². The van der Waals surface area contributed by atoms with Crippen LogP contribution in [-0.2, 0) is 13.0 Å². The number of aliphatic imine (C=N–C) groups is 1. The molecule has 1 aromatic heterocycles. The van der Waals surface area contributed by atoms with Crippen LogP contribution in [0.2, 0.25) is 0 Å². The molecule has 2 aromatic rings. The smallest absolute Gasteiger partial charge is 0.387 e. The number of halogens is 4. The van der Waals surface area contributed by atoms with Crippen LogP contribution in [0.15, 0.2) is 40.7 Å². The van der Waals surface area contributed by atoms with Crippen LogP contribution in [0.5, 0.6) is 5.75 Å².